The van der Waals surface area contributed by atoms with Gasteiger partial charge in [0, 0.05) is 12.4 Å². The van der Waals surface area contributed by atoms with Crippen LogP contribution in [0.5, 0.6) is 0 Å². The van der Waals surface area contributed by atoms with Crippen molar-refractivity contribution >= 4 is 0 Å². The van der Waals surface area contributed by atoms with Crippen LogP contribution < -0.4 is 0 Å². The fourth-order valence-electron chi connectivity index (χ4n) is 1.58. The van der Waals surface area contributed by atoms with E-state index in [1.54, 1.807) is 6.20 Å². The summed E-state index contributed by atoms with van der Waals surface area (Å²) in [5.74, 6) is -0.391. The minimum absolute atomic E-state index is 0.125. The molecule has 0 amide bonds. The summed E-state index contributed by atoms with van der Waals surface area (Å²) in [6.07, 6.45) is 4.71. The zero-order chi connectivity index (χ0) is 10.0. The van der Waals surface area contributed by atoms with Crippen molar-refractivity contribution in [2.45, 2.75) is 38.7 Å². The van der Waals surface area contributed by atoms with Crippen LogP contribution in [0.15, 0.2) is 18.5 Å². The maximum atomic E-state index is 5.79. The van der Waals surface area contributed by atoms with Gasteiger partial charge in [0.2, 0.25) is 0 Å². The van der Waals surface area contributed by atoms with E-state index in [-0.39, 0.29) is 6.10 Å². The van der Waals surface area contributed by atoms with Crippen LogP contribution in [0.2, 0.25) is 0 Å². The molecule has 0 saturated carbocycles. The highest BCUT2D eigenvalue weighted by Gasteiger charge is 2.35. The highest BCUT2D eigenvalue weighted by atomic mass is 16.7. The van der Waals surface area contributed by atoms with Gasteiger partial charge in [-0.1, -0.05) is 6.92 Å². The van der Waals surface area contributed by atoms with Gasteiger partial charge < -0.3 is 9.47 Å². The van der Waals surface area contributed by atoms with Gasteiger partial charge in [-0.25, -0.2) is 0 Å². The molecular formula is C10H16N2O2. The highest BCUT2D eigenvalue weighted by Crippen LogP contribution is 2.26. The predicted molar refractivity (Wildman–Crippen MR) is 51.7 cm³/mol. The van der Waals surface area contributed by atoms with E-state index in [1.165, 1.54) is 0 Å². The average Bonchev–Trinajstić information content (AvgIpc) is 2.78. The van der Waals surface area contributed by atoms with E-state index >= 15 is 0 Å². The van der Waals surface area contributed by atoms with Crippen molar-refractivity contribution in [1.82, 2.24) is 9.78 Å². The van der Waals surface area contributed by atoms with Crippen molar-refractivity contribution in [3.05, 3.63) is 18.5 Å². The van der Waals surface area contributed by atoms with Gasteiger partial charge in [0.1, 0.15) is 6.10 Å². The van der Waals surface area contributed by atoms with Crippen molar-refractivity contribution in [1.29, 1.82) is 0 Å². The quantitative estimate of drug-likeness (QED) is 0.733. The summed E-state index contributed by atoms with van der Waals surface area (Å²) in [7, 11) is 0. The van der Waals surface area contributed by atoms with Crippen LogP contribution in [0, 0.1) is 0 Å². The molecule has 0 aliphatic carbocycles. The Labute approximate surface area is 83.8 Å². The fourth-order valence-corrected chi connectivity index (χ4v) is 1.58. The van der Waals surface area contributed by atoms with Crippen LogP contribution in [0.4, 0.5) is 0 Å². The lowest BCUT2D eigenvalue weighted by Crippen LogP contribution is -2.26. The Morgan fingerprint density at radius 3 is 3.07 bits per heavy atom. The van der Waals surface area contributed by atoms with E-state index in [4.69, 9.17) is 9.47 Å². The Morgan fingerprint density at radius 1 is 1.64 bits per heavy atom. The van der Waals surface area contributed by atoms with Crippen LogP contribution in [0.1, 0.15) is 20.3 Å². The second-order valence-electron chi connectivity index (χ2n) is 3.77. The summed E-state index contributed by atoms with van der Waals surface area (Å²) < 4.78 is 13.2. The molecule has 2 atom stereocenters. The molecule has 4 nitrogen and oxygen atoms in total. The standard InChI is InChI=1S/C10H16N2O2/c1-3-10(2)13-8-9(14-10)7-12-6-4-5-11-12/h4-6,9H,3,7-8H2,1-2H3. The average molecular weight is 196 g/mol. The lowest BCUT2D eigenvalue weighted by Gasteiger charge is -2.20. The number of ether oxygens (including phenoxy) is 2. The normalized spacial score (nSPS) is 32.3. The van der Waals surface area contributed by atoms with Gasteiger partial charge in [-0.15, -0.1) is 0 Å². The Bertz CT molecular complexity index is 286. The smallest absolute Gasteiger partial charge is 0.165 e. The molecule has 0 aromatic carbocycles. The molecule has 1 aliphatic rings. The van der Waals surface area contributed by atoms with E-state index in [0.29, 0.717) is 6.61 Å². The van der Waals surface area contributed by atoms with E-state index < -0.39 is 5.79 Å². The molecule has 0 radical (unpaired) electrons. The second-order valence-corrected chi connectivity index (χ2v) is 3.77. The molecule has 1 aromatic rings. The number of rotatable bonds is 3. The molecule has 2 unspecified atom stereocenters. The Morgan fingerprint density at radius 2 is 2.50 bits per heavy atom. The minimum Gasteiger partial charge on any atom is -0.347 e. The lowest BCUT2D eigenvalue weighted by molar-refractivity contribution is -0.156. The predicted octanol–water partition coefficient (Wildman–Crippen LogP) is 1.42. The van der Waals surface area contributed by atoms with Gasteiger partial charge in [0.15, 0.2) is 5.79 Å². The minimum atomic E-state index is -0.391. The molecule has 4 heteroatoms. The zero-order valence-electron chi connectivity index (χ0n) is 8.64. The first-order valence-corrected chi connectivity index (χ1v) is 5.01. The maximum absolute atomic E-state index is 5.79. The Balaban J connectivity index is 1.90. The number of aromatic nitrogens is 2. The maximum Gasteiger partial charge on any atom is 0.165 e. The molecule has 14 heavy (non-hydrogen) atoms. The van der Waals surface area contributed by atoms with Gasteiger partial charge in [-0.05, 0) is 19.4 Å². The van der Waals surface area contributed by atoms with Crippen molar-refractivity contribution < 1.29 is 9.47 Å². The first-order valence-electron chi connectivity index (χ1n) is 5.01. The van der Waals surface area contributed by atoms with E-state index in [9.17, 15) is 0 Å². The number of hydrogen-bond acceptors (Lipinski definition) is 3. The SMILES string of the molecule is CCC1(C)OCC(Cn2cccn2)O1. The van der Waals surface area contributed by atoms with Crippen LogP contribution in [-0.4, -0.2) is 28.3 Å². The summed E-state index contributed by atoms with van der Waals surface area (Å²) in [6, 6.07) is 1.91. The number of hydrogen-bond donors (Lipinski definition) is 0. The molecule has 2 heterocycles. The molecule has 78 valence electrons. The lowest BCUT2D eigenvalue weighted by atomic mass is 10.2. The largest absolute Gasteiger partial charge is 0.347 e. The first-order chi connectivity index (χ1) is 6.72. The molecule has 1 saturated heterocycles. The van der Waals surface area contributed by atoms with Crippen LogP contribution in [0.3, 0.4) is 0 Å². The third kappa shape index (κ3) is 1.96. The summed E-state index contributed by atoms with van der Waals surface area (Å²) in [6.45, 7) is 5.47. The first kappa shape index (κ1) is 9.68. The van der Waals surface area contributed by atoms with Gasteiger partial charge in [-0.3, -0.25) is 4.68 Å². The van der Waals surface area contributed by atoms with Gasteiger partial charge in [-0.2, -0.15) is 5.10 Å². The molecule has 1 aromatic heterocycles. The second kappa shape index (κ2) is 3.71. The molecule has 1 fully saturated rings. The van der Waals surface area contributed by atoms with E-state index in [0.717, 1.165) is 13.0 Å². The van der Waals surface area contributed by atoms with Crippen LogP contribution in [-0.2, 0) is 16.0 Å². The summed E-state index contributed by atoms with van der Waals surface area (Å²) in [4.78, 5) is 0. The number of nitrogens with zero attached hydrogens (tertiary/aromatic N) is 2. The zero-order valence-corrected chi connectivity index (χ0v) is 8.64. The van der Waals surface area contributed by atoms with Crippen molar-refractivity contribution in [3.8, 4) is 0 Å². The topological polar surface area (TPSA) is 36.3 Å². The van der Waals surface area contributed by atoms with Crippen LogP contribution >= 0.6 is 0 Å². The molecule has 0 spiro atoms. The Hall–Kier alpha value is -0.870. The van der Waals surface area contributed by atoms with Gasteiger partial charge >= 0.3 is 0 Å². The van der Waals surface area contributed by atoms with Crippen molar-refractivity contribution in [2.75, 3.05) is 6.61 Å². The Kier molecular flexibility index (Phi) is 2.56. The third-order valence-corrected chi connectivity index (χ3v) is 2.58. The van der Waals surface area contributed by atoms with Crippen LogP contribution in [0.25, 0.3) is 0 Å². The summed E-state index contributed by atoms with van der Waals surface area (Å²) in [5, 5.41) is 4.13. The van der Waals surface area contributed by atoms with E-state index in [1.807, 2.05) is 23.9 Å². The van der Waals surface area contributed by atoms with Crippen molar-refractivity contribution in [3.63, 3.8) is 0 Å². The molecule has 1 aliphatic heterocycles. The molecule has 0 bridgehead atoms. The molecular weight excluding hydrogens is 180 g/mol. The monoisotopic (exact) mass is 196 g/mol. The fraction of sp³-hybridized carbons (Fsp3) is 0.700. The van der Waals surface area contributed by atoms with E-state index in [2.05, 4.69) is 12.0 Å². The van der Waals surface area contributed by atoms with Crippen molar-refractivity contribution in [2.24, 2.45) is 0 Å². The highest BCUT2D eigenvalue weighted by molar-refractivity contribution is 4.80. The molecule has 2 rings (SSSR count). The van der Waals surface area contributed by atoms with Gasteiger partial charge in [0.05, 0.1) is 13.2 Å². The van der Waals surface area contributed by atoms with Gasteiger partial charge in [0.25, 0.3) is 0 Å². The molecule has 0 N–H and O–H groups in total. The summed E-state index contributed by atoms with van der Waals surface area (Å²) >= 11 is 0. The third-order valence-electron chi connectivity index (χ3n) is 2.58. The summed E-state index contributed by atoms with van der Waals surface area (Å²) in [5.41, 5.74) is 0.